The molecule has 1 unspecified atom stereocenters. The predicted octanol–water partition coefficient (Wildman–Crippen LogP) is -0.732. The van der Waals surface area contributed by atoms with Gasteiger partial charge in [0, 0.05) is 7.11 Å². The number of methoxy groups -OCH3 is 1. The highest BCUT2D eigenvalue weighted by Gasteiger charge is 2.28. The summed E-state index contributed by atoms with van der Waals surface area (Å²) in [6, 6.07) is 0. The van der Waals surface area contributed by atoms with E-state index in [4.69, 9.17) is 14.8 Å². The lowest BCUT2D eigenvalue weighted by Crippen LogP contribution is -2.30. The Morgan fingerprint density at radius 3 is 2.77 bits per heavy atom. The molecule has 1 aliphatic carbocycles. The number of hydrogen-bond donors (Lipinski definition) is 2. The summed E-state index contributed by atoms with van der Waals surface area (Å²) >= 11 is 0. The summed E-state index contributed by atoms with van der Waals surface area (Å²) < 4.78 is 4.93. The van der Waals surface area contributed by atoms with Gasteiger partial charge in [-0.3, -0.25) is 0 Å². The monoisotopic (exact) mass is 180 g/mol. The highest BCUT2D eigenvalue weighted by atomic mass is 16.5. The molecule has 0 aromatic heterocycles. The van der Waals surface area contributed by atoms with Gasteiger partial charge in [-0.15, -0.1) is 0 Å². The van der Waals surface area contributed by atoms with Crippen LogP contribution in [0.1, 0.15) is 0 Å². The summed E-state index contributed by atoms with van der Waals surface area (Å²) in [6.45, 7) is 0. The second-order valence-electron chi connectivity index (χ2n) is 2.57. The maximum absolute atomic E-state index is 10.4. The molecule has 4 nitrogen and oxygen atoms in total. The van der Waals surface area contributed by atoms with Crippen LogP contribution in [0.15, 0.2) is 29.3 Å². The fourth-order valence-corrected chi connectivity index (χ4v) is 1.19. The molecular weight excluding hydrogens is 171 g/mol. The van der Waals surface area contributed by atoms with Crippen LogP contribution in [0.25, 0.3) is 0 Å². The fourth-order valence-electron chi connectivity index (χ4n) is 1.19. The molecule has 0 bridgehead atoms. The van der Waals surface area contributed by atoms with E-state index in [1.807, 2.05) is 0 Å². The van der Waals surface area contributed by atoms with Crippen molar-refractivity contribution in [1.29, 1.82) is 0 Å². The van der Waals surface area contributed by atoms with E-state index >= 15 is 0 Å². The molecule has 0 fully saturated rings. The first-order chi connectivity index (χ1) is 6.20. The quantitative estimate of drug-likeness (QED) is 0.434. The number of hydrogen-bond acceptors (Lipinski definition) is 4. The Morgan fingerprint density at radius 1 is 1.62 bits per heavy atom. The van der Waals surface area contributed by atoms with Crippen LogP contribution in [0.3, 0.4) is 0 Å². The summed E-state index contributed by atoms with van der Waals surface area (Å²) in [5.41, 5.74) is 0.497. The molecule has 0 aromatic carbocycles. The molecule has 68 valence electrons. The van der Waals surface area contributed by atoms with Crippen molar-refractivity contribution in [1.82, 2.24) is 0 Å². The molecule has 0 radical (unpaired) electrons. The van der Waals surface area contributed by atoms with E-state index < -0.39 is 13.2 Å². The van der Waals surface area contributed by atoms with Crippen molar-refractivity contribution in [3.63, 3.8) is 0 Å². The maximum atomic E-state index is 10.4. The second kappa shape index (κ2) is 4.21. The highest BCUT2D eigenvalue weighted by molar-refractivity contribution is 6.51. The molecule has 1 rings (SSSR count). The zero-order chi connectivity index (χ0) is 9.84. The number of allylic oxidation sites excluding steroid dienone is 2. The van der Waals surface area contributed by atoms with Gasteiger partial charge in [0.25, 0.3) is 0 Å². The van der Waals surface area contributed by atoms with E-state index in [1.165, 1.54) is 19.3 Å². The number of carbonyl (C=O) groups excluding carboxylic acids is 1. The Labute approximate surface area is 76.0 Å². The van der Waals surface area contributed by atoms with Crippen LogP contribution in [0, 0.1) is 0 Å². The third-order valence-corrected chi connectivity index (χ3v) is 1.80. The van der Waals surface area contributed by atoms with Gasteiger partial charge in [-0.1, -0.05) is 12.2 Å². The van der Waals surface area contributed by atoms with E-state index in [1.54, 1.807) is 12.0 Å². The number of rotatable bonds is 2. The van der Waals surface area contributed by atoms with Crippen LogP contribution in [0.4, 0.5) is 0 Å². The van der Waals surface area contributed by atoms with Crippen LogP contribution in [0.2, 0.25) is 0 Å². The molecular formula is C8H9BO4. The third-order valence-electron chi connectivity index (χ3n) is 1.80. The van der Waals surface area contributed by atoms with E-state index in [2.05, 4.69) is 0 Å². The zero-order valence-electron chi connectivity index (χ0n) is 7.10. The van der Waals surface area contributed by atoms with Gasteiger partial charge in [0.05, 0.1) is 5.57 Å². The van der Waals surface area contributed by atoms with Gasteiger partial charge in [-0.25, -0.2) is 4.79 Å². The van der Waals surface area contributed by atoms with Crippen LogP contribution in [0.5, 0.6) is 0 Å². The summed E-state index contributed by atoms with van der Waals surface area (Å²) in [6.07, 6.45) is 3.86. The van der Waals surface area contributed by atoms with E-state index in [9.17, 15) is 4.79 Å². The molecule has 1 aliphatic rings. The van der Waals surface area contributed by atoms with Gasteiger partial charge in [0.2, 0.25) is 0 Å². The maximum Gasteiger partial charge on any atom is 0.487 e. The average molecular weight is 180 g/mol. The van der Waals surface area contributed by atoms with Crippen molar-refractivity contribution in [2.24, 2.45) is 0 Å². The van der Waals surface area contributed by atoms with Crippen LogP contribution in [-0.2, 0) is 9.53 Å². The molecule has 0 spiro atoms. The average Bonchev–Trinajstić information content (AvgIpc) is 2.16. The van der Waals surface area contributed by atoms with Gasteiger partial charge in [0.1, 0.15) is 12.0 Å². The second-order valence-corrected chi connectivity index (χ2v) is 2.57. The van der Waals surface area contributed by atoms with Crippen molar-refractivity contribution in [2.75, 3.05) is 7.11 Å². The van der Waals surface area contributed by atoms with E-state index in [-0.39, 0.29) is 11.0 Å². The Morgan fingerprint density at radius 2 is 2.31 bits per heavy atom. The van der Waals surface area contributed by atoms with Gasteiger partial charge >= 0.3 is 7.12 Å². The Hall–Kier alpha value is -1.13. The van der Waals surface area contributed by atoms with Crippen molar-refractivity contribution in [3.05, 3.63) is 29.3 Å². The Balaban J connectivity index is 3.02. The number of ether oxygens (including phenoxy) is 1. The third kappa shape index (κ3) is 1.97. The predicted molar refractivity (Wildman–Crippen MR) is 47.4 cm³/mol. The molecule has 2 N–H and O–H groups in total. The Bertz CT molecular complexity index is 299. The summed E-state index contributed by atoms with van der Waals surface area (Å²) in [5, 5.41) is 17.8. The standard InChI is InChI=1S/C8H9BO4/c1-13-8-6(5-10)3-2-4-7(8)9(11)12/h2-4,8,11-12H,1H3. The molecule has 0 aromatic rings. The first-order valence-corrected chi connectivity index (χ1v) is 3.72. The van der Waals surface area contributed by atoms with E-state index in [0.717, 1.165) is 0 Å². The van der Waals surface area contributed by atoms with Crippen molar-refractivity contribution >= 4 is 13.1 Å². The van der Waals surface area contributed by atoms with Crippen molar-refractivity contribution in [3.8, 4) is 0 Å². The lowest BCUT2D eigenvalue weighted by Gasteiger charge is -2.19. The minimum atomic E-state index is -1.61. The Kier molecular flexibility index (Phi) is 3.22. The summed E-state index contributed by atoms with van der Waals surface area (Å²) in [7, 11) is -0.226. The van der Waals surface area contributed by atoms with Crippen LogP contribution < -0.4 is 0 Å². The van der Waals surface area contributed by atoms with Crippen LogP contribution in [-0.4, -0.2) is 36.3 Å². The van der Waals surface area contributed by atoms with Crippen molar-refractivity contribution < 1.29 is 19.6 Å². The van der Waals surface area contributed by atoms with Crippen LogP contribution >= 0.6 is 0 Å². The summed E-state index contributed by atoms with van der Waals surface area (Å²) in [5.74, 6) is 1.68. The lowest BCUT2D eigenvalue weighted by atomic mass is 9.72. The molecule has 0 saturated carbocycles. The van der Waals surface area contributed by atoms with Gasteiger partial charge in [-0.2, -0.15) is 0 Å². The molecule has 5 heteroatoms. The summed E-state index contributed by atoms with van der Waals surface area (Å²) in [4.78, 5) is 10.4. The first kappa shape index (κ1) is 9.96. The minimum absolute atomic E-state index is 0.239. The van der Waals surface area contributed by atoms with Gasteiger partial charge in [0.15, 0.2) is 0 Å². The highest BCUT2D eigenvalue weighted by Crippen LogP contribution is 2.20. The van der Waals surface area contributed by atoms with Gasteiger partial charge in [-0.05, 0) is 11.5 Å². The molecule has 0 heterocycles. The fraction of sp³-hybridized carbons (Fsp3) is 0.250. The smallest absolute Gasteiger partial charge is 0.423 e. The SMILES string of the molecule is COC1C(=C=O)C=CC=C1B(O)O. The van der Waals surface area contributed by atoms with Gasteiger partial charge < -0.3 is 14.8 Å². The molecule has 13 heavy (non-hydrogen) atoms. The van der Waals surface area contributed by atoms with E-state index in [0.29, 0.717) is 0 Å². The molecule has 0 aliphatic heterocycles. The normalized spacial score (nSPS) is 21.0. The van der Waals surface area contributed by atoms with Crippen molar-refractivity contribution in [2.45, 2.75) is 6.10 Å². The largest absolute Gasteiger partial charge is 0.487 e. The molecule has 1 atom stereocenters. The zero-order valence-corrected chi connectivity index (χ0v) is 7.10. The molecule has 0 saturated heterocycles. The minimum Gasteiger partial charge on any atom is -0.423 e. The lowest BCUT2D eigenvalue weighted by molar-refractivity contribution is 0.163. The molecule has 0 amide bonds. The first-order valence-electron chi connectivity index (χ1n) is 3.72. The topological polar surface area (TPSA) is 66.8 Å².